The average molecular weight is 437 g/mol. The van der Waals surface area contributed by atoms with E-state index in [4.69, 9.17) is 9.47 Å². The van der Waals surface area contributed by atoms with Crippen LogP contribution in [0, 0.1) is 6.92 Å². The molecule has 0 aliphatic carbocycles. The maximum Gasteiger partial charge on any atom is 0.279 e. The minimum absolute atomic E-state index is 0.214. The summed E-state index contributed by atoms with van der Waals surface area (Å²) in [5.74, 6) is 1.24. The second-order valence-electron chi connectivity index (χ2n) is 7.33. The Labute approximate surface area is 182 Å². The quantitative estimate of drug-likeness (QED) is 0.568. The zero-order chi connectivity index (χ0) is 22.0. The number of benzene rings is 3. The summed E-state index contributed by atoms with van der Waals surface area (Å²) in [7, 11) is -0.687. The first-order valence-corrected chi connectivity index (χ1v) is 11.3. The molecule has 4 rings (SSSR count). The number of aryl methyl sites for hydroxylation is 1. The van der Waals surface area contributed by atoms with Crippen LogP contribution in [0.5, 0.6) is 11.5 Å². The van der Waals surface area contributed by atoms with E-state index in [1.807, 2.05) is 49.4 Å². The summed E-state index contributed by atoms with van der Waals surface area (Å²) in [6.45, 7) is 1.92. The molecule has 1 aliphatic heterocycles. The summed E-state index contributed by atoms with van der Waals surface area (Å²) < 4.78 is 39.1. The number of hydrogen-bond acceptors (Lipinski definition) is 5. The highest BCUT2D eigenvalue weighted by molar-refractivity contribution is 7.89. The Balaban J connectivity index is 1.82. The molecule has 0 saturated heterocycles. The lowest BCUT2D eigenvalue weighted by Crippen LogP contribution is -2.27. The third-order valence-corrected chi connectivity index (χ3v) is 7.04. The molecule has 0 N–H and O–H groups in total. The van der Waals surface area contributed by atoms with Crippen molar-refractivity contribution in [3.05, 3.63) is 89.5 Å². The molecule has 0 fully saturated rings. The number of sulfonamides is 1. The number of methoxy groups -OCH3 is 2. The standard InChI is InChI=1S/C24H24N2O4S/c1-17-9-12-20(13-10-17)31(27,28)26-23(18-7-5-4-6-8-18)16-22(25-26)21-14-11-19(29-2)15-24(21)30-3/h4-15,23H,16H2,1-3H3/t23-/m1/s1. The van der Waals surface area contributed by atoms with Gasteiger partial charge in [-0.3, -0.25) is 0 Å². The summed E-state index contributed by atoms with van der Waals surface area (Å²) in [5.41, 5.74) is 3.26. The van der Waals surface area contributed by atoms with Crippen molar-refractivity contribution in [2.75, 3.05) is 14.2 Å². The topological polar surface area (TPSA) is 68.2 Å². The van der Waals surface area contributed by atoms with Crippen LogP contribution in [0.4, 0.5) is 0 Å². The molecule has 0 spiro atoms. The van der Waals surface area contributed by atoms with E-state index in [9.17, 15) is 8.42 Å². The SMILES string of the molecule is COc1ccc(C2=NN(S(=O)(=O)c3ccc(C)cc3)[C@@H](c3ccccc3)C2)c(OC)c1. The van der Waals surface area contributed by atoms with E-state index >= 15 is 0 Å². The lowest BCUT2D eigenvalue weighted by atomic mass is 9.98. The van der Waals surface area contributed by atoms with Crippen molar-refractivity contribution in [2.24, 2.45) is 5.10 Å². The second kappa shape index (κ2) is 8.43. The van der Waals surface area contributed by atoms with E-state index < -0.39 is 16.1 Å². The average Bonchev–Trinajstić information content (AvgIpc) is 3.25. The molecule has 7 heteroatoms. The number of nitrogens with zero attached hydrogens (tertiary/aromatic N) is 2. The molecule has 1 atom stereocenters. The summed E-state index contributed by atoms with van der Waals surface area (Å²) in [6.07, 6.45) is 0.428. The van der Waals surface area contributed by atoms with E-state index in [0.717, 1.165) is 16.7 Å². The Morgan fingerprint density at radius 1 is 0.935 bits per heavy atom. The van der Waals surface area contributed by atoms with Gasteiger partial charge in [0.05, 0.1) is 30.9 Å². The monoisotopic (exact) mass is 436 g/mol. The second-order valence-corrected chi connectivity index (χ2v) is 9.13. The van der Waals surface area contributed by atoms with Crippen LogP contribution in [0.1, 0.15) is 29.2 Å². The van der Waals surface area contributed by atoms with Crippen molar-refractivity contribution < 1.29 is 17.9 Å². The highest BCUT2D eigenvalue weighted by Crippen LogP contribution is 2.39. The van der Waals surface area contributed by atoms with Gasteiger partial charge in [-0.1, -0.05) is 48.0 Å². The molecule has 160 valence electrons. The van der Waals surface area contributed by atoms with Crippen LogP contribution in [0.3, 0.4) is 0 Å². The Kier molecular flexibility index (Phi) is 5.69. The first kappa shape index (κ1) is 20.9. The third kappa shape index (κ3) is 4.01. The minimum Gasteiger partial charge on any atom is -0.497 e. The zero-order valence-corrected chi connectivity index (χ0v) is 18.5. The van der Waals surface area contributed by atoms with Crippen molar-refractivity contribution in [3.8, 4) is 11.5 Å². The van der Waals surface area contributed by atoms with E-state index in [0.29, 0.717) is 23.6 Å². The first-order valence-electron chi connectivity index (χ1n) is 9.90. The zero-order valence-electron chi connectivity index (χ0n) is 17.6. The number of hydrogen-bond donors (Lipinski definition) is 0. The third-order valence-electron chi connectivity index (χ3n) is 5.34. The predicted molar refractivity (Wildman–Crippen MR) is 120 cm³/mol. The lowest BCUT2D eigenvalue weighted by molar-refractivity contribution is 0.371. The highest BCUT2D eigenvalue weighted by Gasteiger charge is 2.38. The maximum atomic E-state index is 13.5. The smallest absolute Gasteiger partial charge is 0.279 e. The van der Waals surface area contributed by atoms with Crippen LogP contribution in [-0.2, 0) is 10.0 Å². The molecule has 3 aromatic rings. The highest BCUT2D eigenvalue weighted by atomic mass is 32.2. The van der Waals surface area contributed by atoms with Gasteiger partial charge < -0.3 is 9.47 Å². The molecule has 0 radical (unpaired) electrons. The van der Waals surface area contributed by atoms with Gasteiger partial charge in [-0.15, -0.1) is 0 Å². The Morgan fingerprint density at radius 3 is 2.29 bits per heavy atom. The molecule has 0 amide bonds. The molecule has 1 heterocycles. The van der Waals surface area contributed by atoms with Crippen LogP contribution in [0.2, 0.25) is 0 Å². The Hall–Kier alpha value is -3.32. The van der Waals surface area contributed by atoms with Gasteiger partial charge in [0.15, 0.2) is 0 Å². The fourth-order valence-electron chi connectivity index (χ4n) is 3.65. The molecule has 6 nitrogen and oxygen atoms in total. The number of ether oxygens (including phenoxy) is 2. The summed E-state index contributed by atoms with van der Waals surface area (Å²) >= 11 is 0. The van der Waals surface area contributed by atoms with Crippen LogP contribution < -0.4 is 9.47 Å². The van der Waals surface area contributed by atoms with Crippen molar-refractivity contribution >= 4 is 15.7 Å². The molecular weight excluding hydrogens is 412 g/mol. The van der Waals surface area contributed by atoms with Crippen molar-refractivity contribution in [1.82, 2.24) is 4.41 Å². The van der Waals surface area contributed by atoms with Gasteiger partial charge in [0, 0.05) is 18.1 Å². The molecule has 0 saturated carbocycles. The van der Waals surface area contributed by atoms with Crippen molar-refractivity contribution in [2.45, 2.75) is 24.3 Å². The summed E-state index contributed by atoms with van der Waals surface area (Å²) in [5, 5.41) is 4.59. The van der Waals surface area contributed by atoms with Gasteiger partial charge in [0.1, 0.15) is 11.5 Å². The van der Waals surface area contributed by atoms with Crippen LogP contribution >= 0.6 is 0 Å². The van der Waals surface area contributed by atoms with Gasteiger partial charge in [-0.25, -0.2) is 0 Å². The number of rotatable bonds is 6. The van der Waals surface area contributed by atoms with Crippen LogP contribution in [-0.4, -0.2) is 32.8 Å². The van der Waals surface area contributed by atoms with Gasteiger partial charge in [-0.2, -0.15) is 17.9 Å². The molecule has 0 bridgehead atoms. The van der Waals surface area contributed by atoms with E-state index in [-0.39, 0.29) is 4.90 Å². The van der Waals surface area contributed by atoms with E-state index in [1.54, 1.807) is 44.6 Å². The first-order chi connectivity index (χ1) is 14.9. The fraction of sp³-hybridized carbons (Fsp3) is 0.208. The molecule has 31 heavy (non-hydrogen) atoms. The molecule has 1 aliphatic rings. The summed E-state index contributed by atoms with van der Waals surface area (Å²) in [6, 6.07) is 21.4. The van der Waals surface area contributed by atoms with Gasteiger partial charge in [0.2, 0.25) is 0 Å². The maximum absolute atomic E-state index is 13.5. The predicted octanol–water partition coefficient (Wildman–Crippen LogP) is 4.55. The van der Waals surface area contributed by atoms with Crippen LogP contribution in [0.15, 0.2) is 82.8 Å². The summed E-state index contributed by atoms with van der Waals surface area (Å²) in [4.78, 5) is 0.214. The van der Waals surface area contributed by atoms with E-state index in [2.05, 4.69) is 5.10 Å². The minimum atomic E-state index is -3.85. The fourth-order valence-corrected chi connectivity index (χ4v) is 5.08. The largest absolute Gasteiger partial charge is 0.497 e. The Morgan fingerprint density at radius 2 is 1.65 bits per heavy atom. The normalized spacial score (nSPS) is 16.2. The van der Waals surface area contributed by atoms with Crippen molar-refractivity contribution in [3.63, 3.8) is 0 Å². The molecule has 0 aromatic heterocycles. The van der Waals surface area contributed by atoms with Gasteiger partial charge in [0.25, 0.3) is 10.0 Å². The Bertz CT molecular complexity index is 1210. The van der Waals surface area contributed by atoms with Crippen molar-refractivity contribution in [1.29, 1.82) is 0 Å². The van der Waals surface area contributed by atoms with E-state index in [1.165, 1.54) is 4.41 Å². The molecular formula is C24H24N2O4S. The lowest BCUT2D eigenvalue weighted by Gasteiger charge is -2.23. The number of hydrazone groups is 1. The van der Waals surface area contributed by atoms with Gasteiger partial charge >= 0.3 is 0 Å². The molecule has 3 aromatic carbocycles. The van der Waals surface area contributed by atoms with Crippen LogP contribution in [0.25, 0.3) is 0 Å². The molecule has 0 unspecified atom stereocenters. The van der Waals surface area contributed by atoms with Gasteiger partial charge in [-0.05, 0) is 36.8 Å².